The summed E-state index contributed by atoms with van der Waals surface area (Å²) in [6.45, 7) is 6.39. The van der Waals surface area contributed by atoms with Crippen LogP contribution in [0.4, 0.5) is 5.69 Å². The van der Waals surface area contributed by atoms with Crippen LogP contribution in [0.5, 0.6) is 0 Å². The number of pyridine rings is 1. The predicted octanol–water partition coefficient (Wildman–Crippen LogP) is 3.51. The Hall–Kier alpha value is -1.83. The van der Waals surface area contributed by atoms with Gasteiger partial charge in [-0.2, -0.15) is 0 Å². The van der Waals surface area contributed by atoms with Crippen molar-refractivity contribution in [1.82, 2.24) is 4.98 Å². The van der Waals surface area contributed by atoms with E-state index in [0.29, 0.717) is 0 Å². The Balaban J connectivity index is 1.95. The standard InChI is InChI=1S/C17H21N2/c1-3-19(4-2)17-13-12-16(18-14-17)11-10-15-8-6-5-7-9-15/h5-6,8-9,12-14H,3-4,10-11H2,1-2H3. The van der Waals surface area contributed by atoms with Crippen molar-refractivity contribution in [3.05, 3.63) is 59.9 Å². The molecule has 2 rings (SSSR count). The predicted molar refractivity (Wildman–Crippen MR) is 80.5 cm³/mol. The van der Waals surface area contributed by atoms with Gasteiger partial charge in [0.05, 0.1) is 11.9 Å². The molecule has 1 radical (unpaired) electrons. The zero-order chi connectivity index (χ0) is 13.5. The summed E-state index contributed by atoms with van der Waals surface area (Å²) in [5.41, 5.74) is 3.68. The molecule has 0 atom stereocenters. The van der Waals surface area contributed by atoms with Crippen molar-refractivity contribution in [2.24, 2.45) is 0 Å². The third kappa shape index (κ3) is 3.82. The molecule has 2 aromatic rings. The van der Waals surface area contributed by atoms with Gasteiger partial charge in [0.25, 0.3) is 0 Å². The number of hydrogen-bond acceptors (Lipinski definition) is 2. The summed E-state index contributed by atoms with van der Waals surface area (Å²) >= 11 is 0. The van der Waals surface area contributed by atoms with Crippen LogP contribution in [0, 0.1) is 6.07 Å². The first-order chi connectivity index (χ1) is 9.33. The van der Waals surface area contributed by atoms with Crippen LogP contribution in [-0.2, 0) is 12.8 Å². The zero-order valence-electron chi connectivity index (χ0n) is 11.8. The molecule has 99 valence electrons. The summed E-state index contributed by atoms with van der Waals surface area (Å²) < 4.78 is 0. The quantitative estimate of drug-likeness (QED) is 0.783. The molecule has 2 nitrogen and oxygen atoms in total. The van der Waals surface area contributed by atoms with E-state index in [1.165, 1.54) is 11.3 Å². The molecule has 1 heterocycles. The Morgan fingerprint density at radius 1 is 1.11 bits per heavy atom. The molecule has 0 saturated heterocycles. The van der Waals surface area contributed by atoms with Gasteiger partial charge in [0.15, 0.2) is 0 Å². The van der Waals surface area contributed by atoms with Crippen LogP contribution in [0.15, 0.2) is 42.6 Å². The minimum absolute atomic E-state index is 0.983. The van der Waals surface area contributed by atoms with Crippen LogP contribution in [-0.4, -0.2) is 18.1 Å². The smallest absolute Gasteiger partial charge is 0.0552 e. The molecule has 1 aromatic heterocycles. The Morgan fingerprint density at radius 2 is 1.95 bits per heavy atom. The lowest BCUT2D eigenvalue weighted by atomic mass is 10.1. The van der Waals surface area contributed by atoms with Crippen molar-refractivity contribution in [3.63, 3.8) is 0 Å². The topological polar surface area (TPSA) is 16.1 Å². The molecule has 0 saturated carbocycles. The Bertz CT molecular complexity index is 472. The molecule has 0 aliphatic heterocycles. The molecule has 19 heavy (non-hydrogen) atoms. The molecule has 1 aromatic carbocycles. The second-order valence-corrected chi connectivity index (χ2v) is 4.59. The molecular formula is C17H21N2. The van der Waals surface area contributed by atoms with Crippen molar-refractivity contribution in [2.75, 3.05) is 18.0 Å². The summed E-state index contributed by atoms with van der Waals surface area (Å²) in [5, 5.41) is 0. The Kier molecular flexibility index (Phi) is 4.96. The number of nitrogens with zero attached hydrogens (tertiary/aromatic N) is 2. The Labute approximate surface area is 116 Å². The molecule has 0 N–H and O–H groups in total. The molecule has 2 heteroatoms. The molecular weight excluding hydrogens is 232 g/mol. The lowest BCUT2D eigenvalue weighted by Crippen LogP contribution is -2.21. The fourth-order valence-electron chi connectivity index (χ4n) is 2.20. The van der Waals surface area contributed by atoms with Crippen molar-refractivity contribution < 1.29 is 0 Å². The number of rotatable bonds is 6. The first kappa shape index (κ1) is 13.6. The second kappa shape index (κ2) is 6.93. The van der Waals surface area contributed by atoms with Gasteiger partial charge in [-0.3, -0.25) is 4.98 Å². The third-order valence-electron chi connectivity index (χ3n) is 3.38. The lowest BCUT2D eigenvalue weighted by Gasteiger charge is -2.20. The summed E-state index contributed by atoms with van der Waals surface area (Å²) in [4.78, 5) is 6.87. The van der Waals surface area contributed by atoms with E-state index in [1.54, 1.807) is 0 Å². The van der Waals surface area contributed by atoms with Gasteiger partial charge < -0.3 is 4.90 Å². The Morgan fingerprint density at radius 3 is 2.53 bits per heavy atom. The zero-order valence-corrected chi connectivity index (χ0v) is 11.8. The highest BCUT2D eigenvalue weighted by Gasteiger charge is 2.02. The highest BCUT2D eigenvalue weighted by atomic mass is 15.1. The van der Waals surface area contributed by atoms with Gasteiger partial charge in [-0.1, -0.05) is 24.3 Å². The van der Waals surface area contributed by atoms with Crippen molar-refractivity contribution in [3.8, 4) is 0 Å². The molecule has 0 fully saturated rings. The third-order valence-corrected chi connectivity index (χ3v) is 3.38. The number of aryl methyl sites for hydroxylation is 2. The van der Waals surface area contributed by atoms with E-state index in [0.717, 1.165) is 31.6 Å². The first-order valence-corrected chi connectivity index (χ1v) is 6.98. The number of anilines is 1. The highest BCUT2D eigenvalue weighted by molar-refractivity contribution is 5.44. The van der Waals surface area contributed by atoms with E-state index >= 15 is 0 Å². The fraction of sp³-hybridized carbons (Fsp3) is 0.353. The fourth-order valence-corrected chi connectivity index (χ4v) is 2.20. The summed E-state index contributed by atoms with van der Waals surface area (Å²) in [6, 6.07) is 15.6. The van der Waals surface area contributed by atoms with Crippen LogP contribution in [0.25, 0.3) is 0 Å². The molecule has 0 amide bonds. The van der Waals surface area contributed by atoms with E-state index in [4.69, 9.17) is 0 Å². The normalized spacial score (nSPS) is 10.4. The minimum Gasteiger partial charge on any atom is -0.371 e. The van der Waals surface area contributed by atoms with E-state index < -0.39 is 0 Å². The minimum atomic E-state index is 0.983. The van der Waals surface area contributed by atoms with Gasteiger partial charge in [0, 0.05) is 18.8 Å². The van der Waals surface area contributed by atoms with Crippen molar-refractivity contribution in [1.29, 1.82) is 0 Å². The maximum absolute atomic E-state index is 4.56. The molecule has 0 spiro atoms. The van der Waals surface area contributed by atoms with E-state index in [2.05, 4.69) is 48.0 Å². The van der Waals surface area contributed by atoms with Crippen LogP contribution in [0.2, 0.25) is 0 Å². The molecule has 0 bridgehead atoms. The number of hydrogen-bond donors (Lipinski definition) is 0. The van der Waals surface area contributed by atoms with E-state index in [9.17, 15) is 0 Å². The SMILES string of the molecule is CCN(CC)c1ccc(CCc2c[c]ccc2)nc1. The maximum Gasteiger partial charge on any atom is 0.0552 e. The van der Waals surface area contributed by atoms with Gasteiger partial charge in [-0.25, -0.2) is 0 Å². The largest absolute Gasteiger partial charge is 0.371 e. The van der Waals surface area contributed by atoms with Gasteiger partial charge in [0.1, 0.15) is 0 Å². The summed E-state index contributed by atoms with van der Waals surface area (Å²) in [6.07, 6.45) is 3.99. The van der Waals surface area contributed by atoms with Gasteiger partial charge >= 0.3 is 0 Å². The first-order valence-electron chi connectivity index (χ1n) is 6.98. The number of benzene rings is 1. The van der Waals surface area contributed by atoms with Gasteiger partial charge in [-0.15, -0.1) is 0 Å². The van der Waals surface area contributed by atoms with Crippen LogP contribution >= 0.6 is 0 Å². The highest BCUT2D eigenvalue weighted by Crippen LogP contribution is 2.13. The average molecular weight is 253 g/mol. The van der Waals surface area contributed by atoms with Crippen LogP contribution < -0.4 is 4.90 Å². The number of aromatic nitrogens is 1. The summed E-state index contributed by atoms with van der Waals surface area (Å²) in [5.74, 6) is 0. The summed E-state index contributed by atoms with van der Waals surface area (Å²) in [7, 11) is 0. The maximum atomic E-state index is 4.56. The lowest BCUT2D eigenvalue weighted by molar-refractivity contribution is 0.854. The monoisotopic (exact) mass is 253 g/mol. The van der Waals surface area contributed by atoms with Gasteiger partial charge in [0.2, 0.25) is 0 Å². The average Bonchev–Trinajstić information content (AvgIpc) is 2.49. The second-order valence-electron chi connectivity index (χ2n) is 4.59. The van der Waals surface area contributed by atoms with E-state index in [1.807, 2.05) is 24.4 Å². The molecule has 0 unspecified atom stereocenters. The van der Waals surface area contributed by atoms with Gasteiger partial charge in [-0.05, 0) is 50.5 Å². The molecule has 0 aliphatic carbocycles. The van der Waals surface area contributed by atoms with Crippen molar-refractivity contribution >= 4 is 5.69 Å². The molecule has 0 aliphatic rings. The van der Waals surface area contributed by atoms with Crippen LogP contribution in [0.1, 0.15) is 25.1 Å². The van der Waals surface area contributed by atoms with E-state index in [-0.39, 0.29) is 0 Å². The van der Waals surface area contributed by atoms with Crippen molar-refractivity contribution in [2.45, 2.75) is 26.7 Å². The van der Waals surface area contributed by atoms with Crippen LogP contribution in [0.3, 0.4) is 0 Å².